The van der Waals surface area contributed by atoms with Crippen molar-refractivity contribution in [2.45, 2.75) is 24.1 Å². The summed E-state index contributed by atoms with van der Waals surface area (Å²) in [4.78, 5) is 13.5. The summed E-state index contributed by atoms with van der Waals surface area (Å²) in [5.41, 5.74) is 0.880. The first-order valence-electron chi connectivity index (χ1n) is 6.40. The zero-order valence-corrected chi connectivity index (χ0v) is 11.8. The van der Waals surface area contributed by atoms with Crippen LogP contribution in [0.1, 0.15) is 24.4 Å². The Bertz CT molecular complexity index is 573. The van der Waals surface area contributed by atoms with Crippen LogP contribution in [-0.4, -0.2) is 42.7 Å². The first kappa shape index (κ1) is 15.0. The molecule has 110 valence electrons. The van der Waals surface area contributed by atoms with Crippen LogP contribution in [-0.2, 0) is 14.8 Å². The highest BCUT2D eigenvalue weighted by Crippen LogP contribution is 2.30. The van der Waals surface area contributed by atoms with Gasteiger partial charge in [-0.1, -0.05) is 30.3 Å². The molecule has 1 amide bonds. The van der Waals surface area contributed by atoms with Gasteiger partial charge >= 0.3 is 0 Å². The monoisotopic (exact) mass is 298 g/mol. The summed E-state index contributed by atoms with van der Waals surface area (Å²) < 4.78 is 22.8. The molecule has 1 heterocycles. The van der Waals surface area contributed by atoms with E-state index in [1.54, 1.807) is 0 Å². The number of nitrogens with two attached hydrogens (primary N) is 1. The van der Waals surface area contributed by atoms with E-state index in [0.29, 0.717) is 6.42 Å². The minimum absolute atomic E-state index is 0.0800. The van der Waals surface area contributed by atoms with Crippen molar-refractivity contribution >= 4 is 15.9 Å². The number of carbonyl (C=O) groups is 1. The van der Waals surface area contributed by atoms with Crippen molar-refractivity contribution in [3.63, 3.8) is 0 Å². The van der Waals surface area contributed by atoms with Crippen LogP contribution >= 0.6 is 0 Å². The van der Waals surface area contributed by atoms with Gasteiger partial charge in [-0.25, -0.2) is 13.6 Å². The second-order valence-electron chi connectivity index (χ2n) is 4.90. The Labute approximate surface area is 118 Å². The van der Waals surface area contributed by atoms with Crippen LogP contribution in [0.2, 0.25) is 0 Å². The van der Waals surface area contributed by atoms with Crippen molar-refractivity contribution in [1.82, 2.24) is 4.90 Å². The van der Waals surface area contributed by atoms with Crippen LogP contribution in [0.4, 0.5) is 0 Å². The first-order chi connectivity index (χ1) is 9.43. The summed E-state index contributed by atoms with van der Waals surface area (Å²) in [5, 5.41) is 13.5. The van der Waals surface area contributed by atoms with E-state index in [1.807, 2.05) is 30.3 Å². The third kappa shape index (κ3) is 3.17. The summed E-state index contributed by atoms with van der Waals surface area (Å²) >= 11 is 0. The standard InChI is InChI=1S/C13H18N2O4S/c14-20(18,19)11-8-13(17)15(9-11)12(6-7-16)10-4-2-1-3-5-10/h1-5,11-12,16H,6-9H2,(H2,14,18,19). The normalized spacial score (nSPS) is 21.2. The number of nitrogens with zero attached hydrogens (tertiary/aromatic N) is 1. The molecule has 2 unspecified atom stereocenters. The molecular weight excluding hydrogens is 280 g/mol. The van der Waals surface area contributed by atoms with Crippen molar-refractivity contribution in [1.29, 1.82) is 0 Å². The SMILES string of the molecule is NS(=O)(=O)C1CC(=O)N(C(CCO)c2ccccc2)C1. The summed E-state index contributed by atoms with van der Waals surface area (Å²) in [6.07, 6.45) is 0.278. The molecule has 0 radical (unpaired) electrons. The van der Waals surface area contributed by atoms with Gasteiger partial charge in [0.15, 0.2) is 0 Å². The molecule has 1 aliphatic heterocycles. The number of sulfonamides is 1. The Hall–Kier alpha value is -1.44. The molecular formula is C13H18N2O4S. The van der Waals surface area contributed by atoms with Crippen LogP contribution in [0, 0.1) is 0 Å². The van der Waals surface area contributed by atoms with Crippen molar-refractivity contribution in [3.8, 4) is 0 Å². The van der Waals surface area contributed by atoms with Crippen molar-refractivity contribution < 1.29 is 18.3 Å². The number of likely N-dealkylation sites (tertiary alicyclic amines) is 1. The minimum atomic E-state index is -3.72. The predicted molar refractivity (Wildman–Crippen MR) is 74.1 cm³/mol. The maximum atomic E-state index is 12.0. The molecule has 1 saturated heterocycles. The van der Waals surface area contributed by atoms with Crippen molar-refractivity contribution in [2.75, 3.05) is 13.2 Å². The predicted octanol–water partition coefficient (Wildman–Crippen LogP) is -0.000500. The van der Waals surface area contributed by atoms with Crippen molar-refractivity contribution in [2.24, 2.45) is 5.14 Å². The topological polar surface area (TPSA) is 101 Å². The summed E-state index contributed by atoms with van der Waals surface area (Å²) in [6.45, 7) is 0.000605. The lowest BCUT2D eigenvalue weighted by atomic mass is 10.0. The quantitative estimate of drug-likeness (QED) is 0.799. The zero-order chi connectivity index (χ0) is 14.8. The van der Waals surface area contributed by atoms with Gasteiger partial charge < -0.3 is 10.0 Å². The van der Waals surface area contributed by atoms with Gasteiger partial charge in [0.1, 0.15) is 5.25 Å². The van der Waals surface area contributed by atoms with Crippen LogP contribution < -0.4 is 5.14 Å². The zero-order valence-electron chi connectivity index (χ0n) is 11.0. The van der Waals surface area contributed by atoms with E-state index in [4.69, 9.17) is 5.14 Å². The maximum Gasteiger partial charge on any atom is 0.224 e. The lowest BCUT2D eigenvalue weighted by Crippen LogP contribution is -2.34. The Morgan fingerprint density at radius 2 is 2.00 bits per heavy atom. The molecule has 1 aliphatic rings. The summed E-state index contributed by atoms with van der Waals surface area (Å²) in [6, 6.07) is 8.95. The lowest BCUT2D eigenvalue weighted by Gasteiger charge is -2.28. The van der Waals surface area contributed by atoms with E-state index in [2.05, 4.69) is 0 Å². The van der Waals surface area contributed by atoms with Gasteiger partial charge in [0.25, 0.3) is 0 Å². The van der Waals surface area contributed by atoms with E-state index < -0.39 is 15.3 Å². The number of benzene rings is 1. The smallest absolute Gasteiger partial charge is 0.224 e. The molecule has 1 aromatic carbocycles. The molecule has 7 heteroatoms. The Balaban J connectivity index is 2.25. The fraction of sp³-hybridized carbons (Fsp3) is 0.462. The number of rotatable bonds is 5. The summed E-state index contributed by atoms with van der Waals surface area (Å²) in [5.74, 6) is -0.244. The van der Waals surface area contributed by atoms with Crippen molar-refractivity contribution in [3.05, 3.63) is 35.9 Å². The third-order valence-electron chi connectivity index (χ3n) is 3.55. The van der Waals surface area contributed by atoms with Crippen LogP contribution in [0.25, 0.3) is 0 Å². The van der Waals surface area contributed by atoms with Gasteiger partial charge in [-0.05, 0) is 12.0 Å². The number of carbonyl (C=O) groups excluding carboxylic acids is 1. The maximum absolute atomic E-state index is 12.0. The Morgan fingerprint density at radius 1 is 1.35 bits per heavy atom. The third-order valence-corrected chi connectivity index (χ3v) is 4.80. The van der Waals surface area contributed by atoms with Gasteiger partial charge in [0, 0.05) is 19.6 Å². The van der Waals surface area contributed by atoms with Gasteiger partial charge in [-0.15, -0.1) is 0 Å². The van der Waals surface area contributed by atoms with E-state index in [0.717, 1.165) is 5.56 Å². The molecule has 1 fully saturated rings. The number of hydrogen-bond donors (Lipinski definition) is 2. The van der Waals surface area contributed by atoms with Gasteiger partial charge in [-0.3, -0.25) is 4.79 Å². The largest absolute Gasteiger partial charge is 0.396 e. The summed E-state index contributed by atoms with van der Waals surface area (Å²) in [7, 11) is -3.72. The van der Waals surface area contributed by atoms with Gasteiger partial charge in [0.05, 0.1) is 6.04 Å². The van der Waals surface area contributed by atoms with Gasteiger partial charge in [0.2, 0.25) is 15.9 Å². The number of primary sulfonamides is 1. The highest BCUT2D eigenvalue weighted by atomic mass is 32.2. The molecule has 2 atom stereocenters. The molecule has 6 nitrogen and oxygen atoms in total. The van der Waals surface area contributed by atoms with E-state index in [1.165, 1.54) is 4.90 Å². The second-order valence-corrected chi connectivity index (χ2v) is 6.74. The Morgan fingerprint density at radius 3 is 2.50 bits per heavy atom. The average molecular weight is 298 g/mol. The number of hydrogen-bond acceptors (Lipinski definition) is 4. The van der Waals surface area contributed by atoms with Gasteiger partial charge in [-0.2, -0.15) is 0 Å². The highest BCUT2D eigenvalue weighted by molar-refractivity contribution is 7.89. The minimum Gasteiger partial charge on any atom is -0.396 e. The molecule has 0 saturated carbocycles. The molecule has 20 heavy (non-hydrogen) atoms. The first-order valence-corrected chi connectivity index (χ1v) is 8.01. The fourth-order valence-electron chi connectivity index (χ4n) is 2.52. The molecule has 0 aliphatic carbocycles. The van der Waals surface area contributed by atoms with E-state index in [9.17, 15) is 18.3 Å². The molecule has 1 aromatic rings. The van der Waals surface area contributed by atoms with E-state index in [-0.39, 0.29) is 31.5 Å². The highest BCUT2D eigenvalue weighted by Gasteiger charge is 2.39. The molecule has 0 spiro atoms. The van der Waals surface area contributed by atoms with Crippen LogP contribution in [0.5, 0.6) is 0 Å². The molecule has 3 N–H and O–H groups in total. The number of aliphatic hydroxyl groups excluding tert-OH is 1. The second kappa shape index (κ2) is 5.90. The molecule has 0 aromatic heterocycles. The van der Waals surface area contributed by atoms with E-state index >= 15 is 0 Å². The number of amides is 1. The molecule has 2 rings (SSSR count). The van der Waals surface area contributed by atoms with Crippen LogP contribution in [0.15, 0.2) is 30.3 Å². The van der Waals surface area contributed by atoms with Crippen LogP contribution in [0.3, 0.4) is 0 Å². The lowest BCUT2D eigenvalue weighted by molar-refractivity contribution is -0.130. The molecule has 0 bridgehead atoms. The number of aliphatic hydroxyl groups is 1. The average Bonchev–Trinajstić information content (AvgIpc) is 2.79. The fourth-order valence-corrected chi connectivity index (χ4v) is 3.26. The Kier molecular flexibility index (Phi) is 4.42.